The van der Waals surface area contributed by atoms with E-state index >= 15 is 0 Å². The molecule has 1 amide bonds. The molecule has 27 heavy (non-hydrogen) atoms. The highest BCUT2D eigenvalue weighted by atomic mass is 19.1. The third-order valence-electron chi connectivity index (χ3n) is 3.84. The number of aromatic nitrogens is 1. The van der Waals surface area contributed by atoms with Crippen molar-refractivity contribution in [2.75, 3.05) is 12.3 Å². The summed E-state index contributed by atoms with van der Waals surface area (Å²) in [6.45, 7) is 2.32. The van der Waals surface area contributed by atoms with E-state index in [1.165, 1.54) is 12.1 Å². The first-order valence-corrected chi connectivity index (χ1v) is 8.78. The van der Waals surface area contributed by atoms with Gasteiger partial charge in [0.2, 0.25) is 5.95 Å². The van der Waals surface area contributed by atoms with Crippen LogP contribution in [-0.4, -0.2) is 17.5 Å². The maximum Gasteiger partial charge on any atom is 0.255 e. The molecule has 5 nitrogen and oxygen atoms in total. The summed E-state index contributed by atoms with van der Waals surface area (Å²) >= 11 is 0. The quantitative estimate of drug-likeness (QED) is 0.395. The number of nitrogens with zero attached hydrogens (tertiary/aromatic N) is 1. The van der Waals surface area contributed by atoms with E-state index in [-0.39, 0.29) is 35.8 Å². The molecule has 0 saturated heterocycles. The smallest absolute Gasteiger partial charge is 0.255 e. The number of rotatable bonds is 9. The van der Waals surface area contributed by atoms with Crippen molar-refractivity contribution in [3.63, 3.8) is 0 Å². The van der Waals surface area contributed by atoms with Gasteiger partial charge in [0, 0.05) is 12.1 Å². The number of hydrogen-bond acceptors (Lipinski definition) is 4. The molecule has 0 atom stereocenters. The van der Waals surface area contributed by atoms with Crippen LogP contribution in [0.5, 0.6) is 5.75 Å². The number of allylic oxidation sites excluding steroid dienone is 1. The van der Waals surface area contributed by atoms with Crippen molar-refractivity contribution >= 4 is 11.7 Å². The Morgan fingerprint density at radius 3 is 2.81 bits per heavy atom. The van der Waals surface area contributed by atoms with Gasteiger partial charge in [-0.05, 0) is 24.6 Å². The molecule has 0 radical (unpaired) electrons. The maximum absolute atomic E-state index is 14.5. The van der Waals surface area contributed by atoms with Crippen LogP contribution in [0.1, 0.15) is 42.1 Å². The number of nitrogen functional groups attached to an aromatic ring is 1. The molecular weight excluding hydrogens is 352 g/mol. The molecule has 0 unspecified atom stereocenters. The lowest BCUT2D eigenvalue weighted by Gasteiger charge is -2.11. The number of unbranched alkanes of at least 4 members (excludes halogenated alkanes) is 2. The van der Waals surface area contributed by atoms with Crippen LogP contribution in [0.15, 0.2) is 42.5 Å². The molecule has 0 bridgehead atoms. The van der Waals surface area contributed by atoms with Crippen molar-refractivity contribution in [1.82, 2.24) is 10.3 Å². The maximum atomic E-state index is 14.5. The molecule has 144 valence electrons. The molecule has 0 aliphatic heterocycles. The summed E-state index contributed by atoms with van der Waals surface area (Å²) in [7, 11) is 0. The molecule has 3 N–H and O–H groups in total. The van der Waals surface area contributed by atoms with Gasteiger partial charge in [0.15, 0.2) is 11.6 Å². The van der Waals surface area contributed by atoms with E-state index in [2.05, 4.69) is 17.2 Å². The van der Waals surface area contributed by atoms with E-state index in [1.54, 1.807) is 12.1 Å². The highest BCUT2D eigenvalue weighted by Gasteiger charge is 2.14. The van der Waals surface area contributed by atoms with Crippen LogP contribution in [-0.2, 0) is 6.54 Å². The van der Waals surface area contributed by atoms with E-state index in [0.29, 0.717) is 0 Å². The average molecular weight is 375 g/mol. The van der Waals surface area contributed by atoms with Crippen LogP contribution in [0.4, 0.5) is 14.6 Å². The van der Waals surface area contributed by atoms with Gasteiger partial charge in [-0.1, -0.05) is 44.1 Å². The number of anilines is 1. The van der Waals surface area contributed by atoms with Crippen molar-refractivity contribution in [2.24, 2.45) is 0 Å². The normalized spacial score (nSPS) is 10.9. The standard InChI is InChI=1S/C20H23F2N3O2/c1-2-3-4-5-6-12-27-16-9-7-8-14(18(16)22)13-24-20(26)15-10-11-17(21)25-19(15)23/h5-11H,2-4,12-13H2,1H3,(H2,23,25)(H,24,26)/b6-5+. The van der Waals surface area contributed by atoms with Crippen LogP contribution in [0.3, 0.4) is 0 Å². The number of hydrogen-bond donors (Lipinski definition) is 2. The van der Waals surface area contributed by atoms with Crippen molar-refractivity contribution in [3.05, 3.63) is 65.4 Å². The van der Waals surface area contributed by atoms with Gasteiger partial charge in [-0.25, -0.2) is 9.37 Å². The first kappa shape index (κ1) is 20.4. The summed E-state index contributed by atoms with van der Waals surface area (Å²) in [6.07, 6.45) is 7.05. The van der Waals surface area contributed by atoms with Gasteiger partial charge in [-0.2, -0.15) is 4.39 Å². The number of nitrogens with two attached hydrogens (primary N) is 1. The summed E-state index contributed by atoms with van der Waals surface area (Å²) in [5, 5.41) is 2.54. The van der Waals surface area contributed by atoms with Crippen molar-refractivity contribution in [3.8, 4) is 5.75 Å². The molecule has 7 heteroatoms. The fraction of sp³-hybridized carbons (Fsp3) is 0.300. The molecule has 2 rings (SSSR count). The predicted octanol–water partition coefficient (Wildman–Crippen LogP) is 4.00. The predicted molar refractivity (Wildman–Crippen MR) is 100 cm³/mol. The fourth-order valence-corrected chi connectivity index (χ4v) is 2.36. The lowest BCUT2D eigenvalue weighted by Crippen LogP contribution is -2.24. The Kier molecular flexibility index (Phi) is 7.73. The van der Waals surface area contributed by atoms with Crippen molar-refractivity contribution < 1.29 is 18.3 Å². The van der Waals surface area contributed by atoms with E-state index in [1.807, 2.05) is 12.2 Å². The number of pyridine rings is 1. The van der Waals surface area contributed by atoms with E-state index in [4.69, 9.17) is 10.5 Å². The first-order chi connectivity index (χ1) is 13.0. The minimum absolute atomic E-state index is 0.0291. The Morgan fingerprint density at radius 1 is 1.26 bits per heavy atom. The Bertz CT molecular complexity index is 810. The summed E-state index contributed by atoms with van der Waals surface area (Å²) < 4.78 is 32.9. The molecule has 1 aromatic carbocycles. The molecule has 1 aromatic heterocycles. The van der Waals surface area contributed by atoms with Gasteiger partial charge in [-0.3, -0.25) is 4.79 Å². The Labute approximate surface area is 157 Å². The topological polar surface area (TPSA) is 77.2 Å². The number of amides is 1. The number of ether oxygens (including phenoxy) is 1. The monoisotopic (exact) mass is 375 g/mol. The minimum Gasteiger partial charge on any atom is -0.486 e. The summed E-state index contributed by atoms with van der Waals surface area (Å²) in [5.41, 5.74) is 5.83. The zero-order valence-electron chi connectivity index (χ0n) is 15.2. The molecule has 0 spiro atoms. The molecule has 0 aliphatic carbocycles. The molecule has 1 heterocycles. The van der Waals surface area contributed by atoms with Gasteiger partial charge in [-0.15, -0.1) is 0 Å². The average Bonchev–Trinajstić information content (AvgIpc) is 2.64. The number of carbonyl (C=O) groups excluding carboxylic acids is 1. The fourth-order valence-electron chi connectivity index (χ4n) is 2.36. The van der Waals surface area contributed by atoms with Crippen molar-refractivity contribution in [2.45, 2.75) is 32.7 Å². The summed E-state index contributed by atoms with van der Waals surface area (Å²) in [5.74, 6) is -1.98. The Balaban J connectivity index is 1.94. The third kappa shape index (κ3) is 6.06. The van der Waals surface area contributed by atoms with Crippen LogP contribution in [0, 0.1) is 11.8 Å². The van der Waals surface area contributed by atoms with E-state index in [0.717, 1.165) is 25.3 Å². The molecule has 0 aliphatic rings. The van der Waals surface area contributed by atoms with Crippen molar-refractivity contribution in [1.29, 1.82) is 0 Å². The lowest BCUT2D eigenvalue weighted by molar-refractivity contribution is 0.0951. The number of nitrogens with one attached hydrogen (secondary N) is 1. The van der Waals surface area contributed by atoms with Gasteiger partial charge in [0.25, 0.3) is 5.91 Å². The first-order valence-electron chi connectivity index (χ1n) is 8.78. The molecule has 0 fully saturated rings. The Hall–Kier alpha value is -2.96. The number of carbonyl (C=O) groups is 1. The van der Waals surface area contributed by atoms with E-state index < -0.39 is 17.7 Å². The highest BCUT2D eigenvalue weighted by Crippen LogP contribution is 2.21. The highest BCUT2D eigenvalue weighted by molar-refractivity contribution is 5.98. The number of halogens is 2. The van der Waals surface area contributed by atoms with Crippen LogP contribution in [0.25, 0.3) is 0 Å². The molecule has 2 aromatic rings. The van der Waals surface area contributed by atoms with Gasteiger partial charge >= 0.3 is 0 Å². The second kappa shape index (κ2) is 10.3. The summed E-state index contributed by atoms with van der Waals surface area (Å²) in [4.78, 5) is 15.5. The van der Waals surface area contributed by atoms with Gasteiger partial charge in [0.1, 0.15) is 12.4 Å². The number of benzene rings is 1. The second-order valence-electron chi connectivity index (χ2n) is 5.90. The molecule has 0 saturated carbocycles. The minimum atomic E-state index is -0.774. The van der Waals surface area contributed by atoms with Gasteiger partial charge in [0.05, 0.1) is 5.56 Å². The third-order valence-corrected chi connectivity index (χ3v) is 3.84. The van der Waals surface area contributed by atoms with Gasteiger partial charge < -0.3 is 15.8 Å². The van der Waals surface area contributed by atoms with Crippen LogP contribution < -0.4 is 15.8 Å². The summed E-state index contributed by atoms with van der Waals surface area (Å²) in [6, 6.07) is 6.99. The van der Waals surface area contributed by atoms with Crippen LogP contribution in [0.2, 0.25) is 0 Å². The van der Waals surface area contributed by atoms with Crippen LogP contribution >= 0.6 is 0 Å². The SMILES string of the molecule is CCCC/C=C/COc1cccc(CNC(=O)c2ccc(F)nc2N)c1F. The zero-order chi connectivity index (χ0) is 19.6. The zero-order valence-corrected chi connectivity index (χ0v) is 15.2. The Morgan fingerprint density at radius 2 is 2.07 bits per heavy atom. The largest absolute Gasteiger partial charge is 0.486 e. The second-order valence-corrected chi connectivity index (χ2v) is 5.90. The van der Waals surface area contributed by atoms with E-state index in [9.17, 15) is 13.6 Å². The lowest BCUT2D eigenvalue weighted by atomic mass is 10.2. The molecular formula is C20H23F2N3O2.